The first-order valence-corrected chi connectivity index (χ1v) is 12.6. The number of benzene rings is 1. The second-order valence-electron chi connectivity index (χ2n) is 10.3. The van der Waals surface area contributed by atoms with Crippen molar-refractivity contribution in [2.45, 2.75) is 45.5 Å². The maximum atomic E-state index is 13.4. The number of halogens is 3. The van der Waals surface area contributed by atoms with Crippen molar-refractivity contribution in [2.75, 3.05) is 32.7 Å². The van der Waals surface area contributed by atoms with Crippen LogP contribution in [-0.4, -0.2) is 69.7 Å². The lowest BCUT2D eigenvalue weighted by Gasteiger charge is -2.35. The van der Waals surface area contributed by atoms with E-state index in [4.69, 9.17) is 15.2 Å². The highest BCUT2D eigenvalue weighted by Gasteiger charge is 2.33. The van der Waals surface area contributed by atoms with Crippen LogP contribution in [0.4, 0.5) is 18.0 Å². The zero-order valence-electron chi connectivity index (χ0n) is 22.1. The van der Waals surface area contributed by atoms with Crippen LogP contribution in [0.2, 0.25) is 0 Å². The van der Waals surface area contributed by atoms with Gasteiger partial charge in [-0.3, -0.25) is 4.79 Å². The van der Waals surface area contributed by atoms with Gasteiger partial charge in [0.2, 0.25) is 11.8 Å². The molecule has 1 aromatic carbocycles. The number of hydrogen-bond acceptors (Lipinski definition) is 6. The molecule has 210 valence electrons. The molecule has 0 atom stereocenters. The van der Waals surface area contributed by atoms with Gasteiger partial charge in [0.05, 0.1) is 5.52 Å². The fourth-order valence-electron chi connectivity index (χ4n) is 4.31. The van der Waals surface area contributed by atoms with E-state index in [9.17, 15) is 22.8 Å². The Bertz CT molecular complexity index is 1340. The molecular weight excluding hydrogens is 515 g/mol. The number of hydrogen-bond donors (Lipinski definition) is 1. The highest BCUT2D eigenvalue weighted by atomic mass is 19.4. The smallest absolute Gasteiger partial charge is 0.433 e. The Labute approximate surface area is 224 Å². The molecule has 0 bridgehead atoms. The topological polar surface area (TPSA) is 103 Å². The number of piperazine rings is 1. The number of carbonyl (C=O) groups excluding carboxylic acids is 2. The second kappa shape index (κ2) is 11.1. The quantitative estimate of drug-likeness (QED) is 0.490. The van der Waals surface area contributed by atoms with E-state index in [-0.39, 0.29) is 31.3 Å². The Hall–Kier alpha value is -3.80. The molecule has 2 amide bonds. The average molecular weight is 548 g/mol. The number of fused-ring (bicyclic) bond motifs is 1. The third-order valence-electron chi connectivity index (χ3n) is 6.16. The lowest BCUT2D eigenvalue weighted by atomic mass is 10.1. The largest absolute Gasteiger partial charge is 0.444 e. The normalized spacial score (nSPS) is 14.5. The summed E-state index contributed by atoms with van der Waals surface area (Å²) in [5, 5.41) is 0.625. The second-order valence-corrected chi connectivity index (χ2v) is 10.3. The molecule has 0 unspecified atom stereocenters. The predicted octanol–water partition coefficient (Wildman–Crippen LogP) is 4.43. The van der Waals surface area contributed by atoms with Crippen LogP contribution in [0.3, 0.4) is 0 Å². The number of rotatable bonds is 6. The Balaban J connectivity index is 1.46. The third-order valence-corrected chi connectivity index (χ3v) is 6.16. The van der Waals surface area contributed by atoms with Gasteiger partial charge in [0.25, 0.3) is 0 Å². The van der Waals surface area contributed by atoms with Crippen molar-refractivity contribution in [3.63, 3.8) is 0 Å². The van der Waals surface area contributed by atoms with Crippen LogP contribution in [0.15, 0.2) is 42.6 Å². The SMILES string of the molecule is CC(C)(C)OC(=O)N1CCN(C(=O)Cn2ccc3c(Oc4cc(CCN)cc(C(F)(F)F)n4)cccc32)CC1. The highest BCUT2D eigenvalue weighted by molar-refractivity contribution is 5.88. The minimum absolute atomic E-state index is 0.0574. The summed E-state index contributed by atoms with van der Waals surface area (Å²) in [5.74, 6) is 0.0105. The van der Waals surface area contributed by atoms with Gasteiger partial charge < -0.3 is 29.6 Å². The van der Waals surface area contributed by atoms with Crippen molar-refractivity contribution in [1.82, 2.24) is 19.4 Å². The summed E-state index contributed by atoms with van der Waals surface area (Å²) in [4.78, 5) is 32.3. The standard InChI is InChI=1S/C27H32F3N5O4/c1-26(2,3)39-25(37)34-13-11-33(12-14-34)24(36)17-35-10-8-19-20(35)5-4-6-21(19)38-23-16-18(7-9-31)15-22(32-23)27(28,29)30/h4-6,8,10,15-16H,7,9,11-14,17,31H2,1-3H3. The summed E-state index contributed by atoms with van der Waals surface area (Å²) < 4.78 is 53.1. The van der Waals surface area contributed by atoms with Gasteiger partial charge in [-0.1, -0.05) is 6.07 Å². The fraction of sp³-hybridized carbons (Fsp3) is 0.444. The van der Waals surface area contributed by atoms with Crippen LogP contribution < -0.4 is 10.5 Å². The van der Waals surface area contributed by atoms with Crippen LogP contribution in [0.25, 0.3) is 10.9 Å². The first-order valence-electron chi connectivity index (χ1n) is 12.6. The van der Waals surface area contributed by atoms with Crippen molar-refractivity contribution in [1.29, 1.82) is 0 Å². The molecule has 0 radical (unpaired) electrons. The average Bonchev–Trinajstić information content (AvgIpc) is 3.26. The Morgan fingerprint density at radius 3 is 2.36 bits per heavy atom. The molecule has 2 aromatic heterocycles. The molecular formula is C27H32F3N5O4. The molecule has 3 heterocycles. The van der Waals surface area contributed by atoms with Gasteiger partial charge in [0.1, 0.15) is 23.6 Å². The highest BCUT2D eigenvalue weighted by Crippen LogP contribution is 2.34. The predicted molar refractivity (Wildman–Crippen MR) is 138 cm³/mol. The number of ether oxygens (including phenoxy) is 2. The van der Waals surface area contributed by atoms with Crippen molar-refractivity contribution < 1.29 is 32.2 Å². The molecule has 39 heavy (non-hydrogen) atoms. The lowest BCUT2D eigenvalue weighted by molar-refractivity contribution is -0.141. The maximum absolute atomic E-state index is 13.4. The van der Waals surface area contributed by atoms with Crippen LogP contribution in [0.5, 0.6) is 11.6 Å². The van der Waals surface area contributed by atoms with Crippen molar-refractivity contribution in [2.24, 2.45) is 5.73 Å². The molecule has 3 aromatic rings. The van der Waals surface area contributed by atoms with Gasteiger partial charge in [0, 0.05) is 43.8 Å². The minimum Gasteiger partial charge on any atom is -0.444 e. The van der Waals surface area contributed by atoms with Crippen molar-refractivity contribution in [3.05, 3.63) is 53.9 Å². The summed E-state index contributed by atoms with van der Waals surface area (Å²) in [7, 11) is 0. The number of carbonyl (C=O) groups is 2. The number of aromatic nitrogens is 2. The molecule has 0 aliphatic carbocycles. The summed E-state index contributed by atoms with van der Waals surface area (Å²) in [6.45, 7) is 7.18. The molecule has 12 heteroatoms. The van der Waals surface area contributed by atoms with Gasteiger partial charge >= 0.3 is 12.3 Å². The van der Waals surface area contributed by atoms with Gasteiger partial charge in [-0.2, -0.15) is 13.2 Å². The van der Waals surface area contributed by atoms with Gasteiger partial charge in [0.15, 0.2) is 0 Å². The van der Waals surface area contributed by atoms with Crippen molar-refractivity contribution >= 4 is 22.9 Å². The molecule has 4 rings (SSSR count). The minimum atomic E-state index is -4.63. The maximum Gasteiger partial charge on any atom is 0.433 e. The van der Waals surface area contributed by atoms with Gasteiger partial charge in [-0.15, -0.1) is 0 Å². The van der Waals surface area contributed by atoms with E-state index in [1.807, 2.05) is 0 Å². The van der Waals surface area contributed by atoms with E-state index >= 15 is 0 Å². The first-order chi connectivity index (χ1) is 18.3. The molecule has 9 nitrogen and oxygen atoms in total. The van der Waals surface area contributed by atoms with E-state index in [1.165, 1.54) is 6.07 Å². The number of nitrogens with zero attached hydrogens (tertiary/aromatic N) is 4. The lowest BCUT2D eigenvalue weighted by Crippen LogP contribution is -2.52. The van der Waals surface area contributed by atoms with E-state index in [0.29, 0.717) is 48.4 Å². The van der Waals surface area contributed by atoms with Crippen molar-refractivity contribution in [3.8, 4) is 11.6 Å². The number of amides is 2. The molecule has 1 aliphatic rings. The summed E-state index contributed by atoms with van der Waals surface area (Å²) in [6, 6.07) is 9.29. The van der Waals surface area contributed by atoms with E-state index in [2.05, 4.69) is 4.98 Å². The summed E-state index contributed by atoms with van der Waals surface area (Å²) >= 11 is 0. The van der Waals surface area contributed by atoms with E-state index in [1.54, 1.807) is 65.6 Å². The number of alkyl halides is 3. The van der Waals surface area contributed by atoms with E-state index in [0.717, 1.165) is 6.07 Å². The van der Waals surface area contributed by atoms with Crippen LogP contribution in [0, 0.1) is 0 Å². The monoisotopic (exact) mass is 547 g/mol. The Morgan fingerprint density at radius 2 is 1.72 bits per heavy atom. The first kappa shape index (κ1) is 28.2. The van der Waals surface area contributed by atoms with Crippen LogP contribution >= 0.6 is 0 Å². The third kappa shape index (κ3) is 6.99. The number of pyridine rings is 1. The number of nitrogens with two attached hydrogens (primary N) is 1. The molecule has 1 fully saturated rings. The fourth-order valence-corrected chi connectivity index (χ4v) is 4.31. The van der Waals surface area contributed by atoms with Crippen LogP contribution in [-0.2, 0) is 28.7 Å². The molecule has 0 saturated carbocycles. The van der Waals surface area contributed by atoms with Crippen LogP contribution in [0.1, 0.15) is 32.0 Å². The molecule has 0 spiro atoms. The van der Waals surface area contributed by atoms with Gasteiger partial charge in [-0.05, 0) is 63.6 Å². The van der Waals surface area contributed by atoms with Gasteiger partial charge in [-0.25, -0.2) is 9.78 Å². The van der Waals surface area contributed by atoms with E-state index < -0.39 is 23.6 Å². The molecule has 1 aliphatic heterocycles. The molecule has 2 N–H and O–H groups in total. The molecule has 1 saturated heterocycles. The zero-order valence-corrected chi connectivity index (χ0v) is 22.1. The summed E-state index contributed by atoms with van der Waals surface area (Å²) in [6.07, 6.45) is -3.05. The Kier molecular flexibility index (Phi) is 8.05. The summed E-state index contributed by atoms with van der Waals surface area (Å²) in [5.41, 5.74) is 4.95. The Morgan fingerprint density at radius 1 is 1.03 bits per heavy atom. The zero-order chi connectivity index (χ0) is 28.4.